The maximum atomic E-state index is 6.06. The Morgan fingerprint density at radius 1 is 1.00 bits per heavy atom. The quantitative estimate of drug-likeness (QED) is 0.169. The van der Waals surface area contributed by atoms with Gasteiger partial charge in [-0.3, -0.25) is 4.98 Å². The van der Waals surface area contributed by atoms with Gasteiger partial charge in [0.05, 0.1) is 5.52 Å². The predicted molar refractivity (Wildman–Crippen MR) is 140 cm³/mol. The average Bonchev–Trinajstić information content (AvgIpc) is 3.57. The Hall–Kier alpha value is -2.14. The van der Waals surface area contributed by atoms with Crippen LogP contribution in [-0.4, -0.2) is 42.1 Å². The van der Waals surface area contributed by atoms with Crippen LogP contribution in [0, 0.1) is 0 Å². The van der Waals surface area contributed by atoms with Gasteiger partial charge in [0.1, 0.15) is 0 Å². The number of aromatic nitrogens is 1. The molecule has 3 aromatic carbocycles. The minimum Gasteiger partial charge on any atom is -0.384 e. The van der Waals surface area contributed by atoms with Crippen LogP contribution in [-0.2, 0) is 23.6 Å². The van der Waals surface area contributed by atoms with Crippen LogP contribution in [0.3, 0.4) is 0 Å². The molecule has 2 heterocycles. The molecule has 0 aliphatic carbocycles. The molecule has 0 bridgehead atoms. The molecule has 6 heteroatoms. The molecule has 0 radical (unpaired) electrons. The van der Waals surface area contributed by atoms with Crippen LogP contribution in [0.1, 0.15) is 24.8 Å². The molecule has 1 aliphatic rings. The van der Waals surface area contributed by atoms with Crippen LogP contribution in [0.25, 0.3) is 10.9 Å². The van der Waals surface area contributed by atoms with Crippen LogP contribution in [0.15, 0.2) is 85.1 Å². The first kappa shape index (κ1) is 26.5. The van der Waals surface area contributed by atoms with E-state index in [1.807, 2.05) is 60.8 Å². The first-order chi connectivity index (χ1) is 16.3. The summed E-state index contributed by atoms with van der Waals surface area (Å²) >= 11 is 6.06. The molecule has 2 N–H and O–H groups in total. The zero-order chi connectivity index (χ0) is 22.7. The van der Waals surface area contributed by atoms with Crippen molar-refractivity contribution in [3.8, 4) is 0 Å². The van der Waals surface area contributed by atoms with Crippen molar-refractivity contribution in [2.75, 3.05) is 31.5 Å². The number of benzene rings is 1. The Morgan fingerprint density at radius 3 is 2.53 bits per heavy atom. The summed E-state index contributed by atoms with van der Waals surface area (Å²) in [5.41, 5.74) is 3.50. The molecule has 0 spiro atoms. The number of hydrogen-bond acceptors (Lipinski definition) is 4. The van der Waals surface area contributed by atoms with Crippen molar-refractivity contribution in [2.45, 2.75) is 31.8 Å². The van der Waals surface area contributed by atoms with Crippen molar-refractivity contribution in [1.29, 1.82) is 0 Å². The second kappa shape index (κ2) is 14.3. The van der Waals surface area contributed by atoms with Gasteiger partial charge in [-0.2, -0.15) is 42.0 Å². The van der Waals surface area contributed by atoms with Gasteiger partial charge >= 0.3 is 17.1 Å². The molecule has 1 fully saturated rings. The Morgan fingerprint density at radius 2 is 1.82 bits per heavy atom. The van der Waals surface area contributed by atoms with E-state index in [1.165, 1.54) is 31.5 Å². The summed E-state index contributed by atoms with van der Waals surface area (Å²) in [6.45, 7) is 5.47. The largest absolute Gasteiger partial charge is 2.00 e. The molecule has 34 heavy (non-hydrogen) atoms. The summed E-state index contributed by atoms with van der Waals surface area (Å²) in [6, 6.07) is 27.2. The third-order valence-electron chi connectivity index (χ3n) is 6.09. The number of rotatable bonds is 8. The molecule has 0 saturated carbocycles. The van der Waals surface area contributed by atoms with Crippen LogP contribution >= 0.6 is 11.6 Å². The number of anilines is 1. The van der Waals surface area contributed by atoms with E-state index in [1.54, 1.807) is 0 Å². The number of nitrogens with one attached hydrogen (secondary N) is 2. The Labute approximate surface area is 218 Å². The zero-order valence-electron chi connectivity index (χ0n) is 19.4. The number of piperidine rings is 1. The van der Waals surface area contributed by atoms with E-state index >= 15 is 0 Å². The number of halogens is 1. The van der Waals surface area contributed by atoms with Crippen molar-refractivity contribution in [3.63, 3.8) is 0 Å². The fourth-order valence-electron chi connectivity index (χ4n) is 4.29. The Balaban J connectivity index is 0.000000481. The number of hydrogen-bond donors (Lipinski definition) is 2. The van der Waals surface area contributed by atoms with Crippen LogP contribution in [0.2, 0.25) is 5.02 Å². The summed E-state index contributed by atoms with van der Waals surface area (Å²) in [5.74, 6) is 0. The van der Waals surface area contributed by atoms with Gasteiger partial charge in [-0.1, -0.05) is 11.6 Å². The van der Waals surface area contributed by atoms with Crippen molar-refractivity contribution >= 4 is 28.2 Å². The number of fused-ring (bicyclic) bond motifs is 1. The second-order valence-electron chi connectivity index (χ2n) is 8.56. The predicted octanol–water partition coefficient (Wildman–Crippen LogP) is 6.07. The molecule has 1 saturated heterocycles. The minimum atomic E-state index is 0. The molecular weight excluding hydrogens is 484 g/mol. The topological polar surface area (TPSA) is 40.2 Å². The summed E-state index contributed by atoms with van der Waals surface area (Å²) < 4.78 is 0. The Kier molecular flexibility index (Phi) is 11.1. The minimum absolute atomic E-state index is 0. The van der Waals surface area contributed by atoms with Gasteiger partial charge in [-0.05, 0) is 69.7 Å². The molecule has 180 valence electrons. The van der Waals surface area contributed by atoms with E-state index in [4.69, 9.17) is 11.6 Å². The first-order valence-corrected chi connectivity index (χ1v) is 12.3. The van der Waals surface area contributed by atoms with E-state index in [0.717, 1.165) is 47.7 Å². The molecule has 4 nitrogen and oxygen atoms in total. The summed E-state index contributed by atoms with van der Waals surface area (Å²) in [7, 11) is 0. The second-order valence-corrected chi connectivity index (χ2v) is 9.00. The van der Waals surface area contributed by atoms with E-state index < -0.39 is 0 Å². The van der Waals surface area contributed by atoms with Gasteiger partial charge in [0.15, 0.2) is 0 Å². The number of nitrogens with zero attached hydrogens (tertiary/aromatic N) is 2. The monoisotopic (exact) mass is 516 g/mol. The van der Waals surface area contributed by atoms with Crippen molar-refractivity contribution in [1.82, 2.24) is 15.2 Å². The smallest absolute Gasteiger partial charge is 0.384 e. The summed E-state index contributed by atoms with van der Waals surface area (Å²) in [4.78, 5) is 6.96. The van der Waals surface area contributed by atoms with Gasteiger partial charge in [0.25, 0.3) is 0 Å². The van der Waals surface area contributed by atoms with Gasteiger partial charge in [0, 0.05) is 34.9 Å². The van der Waals surface area contributed by atoms with Crippen molar-refractivity contribution in [3.05, 3.63) is 95.6 Å². The molecule has 0 atom stereocenters. The normalized spacial score (nSPS) is 14.3. The molecule has 1 aromatic heterocycles. The fraction of sp³-hybridized carbons (Fsp3) is 0.321. The van der Waals surface area contributed by atoms with Crippen LogP contribution in [0.4, 0.5) is 5.69 Å². The van der Waals surface area contributed by atoms with E-state index in [-0.39, 0.29) is 17.1 Å². The maximum Gasteiger partial charge on any atom is 2.00 e. The molecular formula is C28H33ClFeN4. The maximum absolute atomic E-state index is 6.06. The van der Waals surface area contributed by atoms with Gasteiger partial charge in [0.2, 0.25) is 0 Å². The van der Waals surface area contributed by atoms with Crippen molar-refractivity contribution in [2.24, 2.45) is 0 Å². The van der Waals surface area contributed by atoms with E-state index in [9.17, 15) is 0 Å². The van der Waals surface area contributed by atoms with Gasteiger partial charge in [-0.15, -0.1) is 0 Å². The summed E-state index contributed by atoms with van der Waals surface area (Å²) in [5, 5.41) is 9.13. The van der Waals surface area contributed by atoms with E-state index in [2.05, 4.69) is 44.8 Å². The molecule has 1 aliphatic heterocycles. The third-order valence-corrected chi connectivity index (χ3v) is 6.32. The van der Waals surface area contributed by atoms with Gasteiger partial charge < -0.3 is 15.5 Å². The fourth-order valence-corrected chi connectivity index (χ4v) is 4.45. The van der Waals surface area contributed by atoms with Crippen LogP contribution in [0.5, 0.6) is 0 Å². The van der Waals surface area contributed by atoms with Gasteiger partial charge in [-0.25, -0.2) is 18.2 Å². The van der Waals surface area contributed by atoms with Crippen LogP contribution < -0.4 is 10.6 Å². The standard InChI is InChI=1S/C23H28ClN4.C5H5.Fe/c24-19-6-7-21-22(8-13-27-23(21)16-19)26-12-3-11-25-20-9-14-28(15-10-20)17-18-4-1-2-5-18;1-2-4-5-3-1;/h1-2,4-8,13,16,20,25H,3,9-12,14-15,17H2,(H,26,27);1-5H;/q2*-1;+2. The molecule has 5 rings (SSSR count). The Bertz CT molecular complexity index is 1040. The van der Waals surface area contributed by atoms with Crippen molar-refractivity contribution < 1.29 is 17.1 Å². The molecule has 4 aromatic rings. The number of likely N-dealkylation sites (tertiary alicyclic amines) is 1. The number of pyridine rings is 1. The average molecular weight is 517 g/mol. The SMILES string of the molecule is Clc1ccc2c(NCCCNC3CCN(Cc4cc[cH-]c4)CC3)ccnc2c1.[Fe+2].c1cc[cH-]c1. The first-order valence-electron chi connectivity index (χ1n) is 11.9. The third kappa shape index (κ3) is 8.26. The summed E-state index contributed by atoms with van der Waals surface area (Å²) in [6.07, 6.45) is 5.42. The van der Waals surface area contributed by atoms with E-state index in [0.29, 0.717) is 6.04 Å². The zero-order valence-corrected chi connectivity index (χ0v) is 21.3. The molecule has 0 amide bonds. The molecule has 0 unspecified atom stereocenters.